The van der Waals surface area contributed by atoms with E-state index in [-0.39, 0.29) is 36.4 Å². The summed E-state index contributed by atoms with van der Waals surface area (Å²) in [5, 5.41) is 3.58. The number of benzene rings is 1. The summed E-state index contributed by atoms with van der Waals surface area (Å²) >= 11 is 0. The van der Waals surface area contributed by atoms with E-state index < -0.39 is 0 Å². The third kappa shape index (κ3) is 6.89. The lowest BCUT2D eigenvalue weighted by Crippen LogP contribution is -2.46. The molecule has 1 aromatic carbocycles. The fraction of sp³-hybridized carbons (Fsp3) is 0.652. The van der Waals surface area contributed by atoms with Gasteiger partial charge in [-0.15, -0.1) is 24.0 Å². The highest BCUT2D eigenvalue weighted by Crippen LogP contribution is 2.33. The Kier molecular flexibility index (Phi) is 10.2. The van der Waals surface area contributed by atoms with E-state index in [1.165, 1.54) is 43.2 Å². The van der Waals surface area contributed by atoms with Crippen LogP contribution < -0.4 is 14.8 Å². The Bertz CT molecular complexity index is 763. The van der Waals surface area contributed by atoms with Crippen LogP contribution in [0.25, 0.3) is 0 Å². The molecule has 1 saturated carbocycles. The van der Waals surface area contributed by atoms with Gasteiger partial charge in [0.1, 0.15) is 6.54 Å². The maximum atomic E-state index is 12.1. The van der Waals surface area contributed by atoms with Crippen molar-refractivity contribution in [2.24, 2.45) is 10.9 Å². The number of hydrogen-bond donors (Lipinski definition) is 1. The smallest absolute Gasteiger partial charge is 0.243 e. The molecule has 0 spiro atoms. The van der Waals surface area contributed by atoms with Crippen LogP contribution in [0, 0.1) is 5.92 Å². The van der Waals surface area contributed by atoms with Gasteiger partial charge in [-0.2, -0.15) is 0 Å². The Morgan fingerprint density at radius 1 is 1.13 bits per heavy atom. The van der Waals surface area contributed by atoms with Crippen LogP contribution in [0.2, 0.25) is 0 Å². The van der Waals surface area contributed by atoms with Crippen LogP contribution in [0.1, 0.15) is 43.2 Å². The predicted octanol–water partition coefficient (Wildman–Crippen LogP) is 3.29. The maximum absolute atomic E-state index is 12.1. The van der Waals surface area contributed by atoms with Crippen LogP contribution in [0.4, 0.5) is 0 Å². The number of carbonyl (C=O) groups excluding carboxylic acids is 1. The largest absolute Gasteiger partial charge is 0.493 e. The van der Waals surface area contributed by atoms with Crippen molar-refractivity contribution >= 4 is 35.8 Å². The SMILES string of the molecule is COc1cc2c(cc1OC)CN(C(=NCC(=O)N(C)C)NCC1CCCCC1)CC2.I. The lowest BCUT2D eigenvalue weighted by molar-refractivity contribution is -0.127. The third-order valence-electron chi connectivity index (χ3n) is 6.15. The topological polar surface area (TPSA) is 66.4 Å². The molecule has 7 nitrogen and oxygen atoms in total. The van der Waals surface area contributed by atoms with Crippen LogP contribution >= 0.6 is 24.0 Å². The van der Waals surface area contributed by atoms with Gasteiger partial charge < -0.3 is 24.6 Å². The van der Waals surface area contributed by atoms with Gasteiger partial charge in [-0.3, -0.25) is 4.79 Å². The Morgan fingerprint density at radius 2 is 1.77 bits per heavy atom. The molecular formula is C23H37IN4O3. The summed E-state index contributed by atoms with van der Waals surface area (Å²) in [5.41, 5.74) is 2.49. The molecule has 0 atom stereocenters. The molecule has 0 aromatic heterocycles. The molecule has 1 fully saturated rings. The average Bonchev–Trinajstić information content (AvgIpc) is 2.78. The van der Waals surface area contributed by atoms with Gasteiger partial charge in [0.15, 0.2) is 17.5 Å². The van der Waals surface area contributed by atoms with E-state index in [9.17, 15) is 4.79 Å². The van der Waals surface area contributed by atoms with E-state index >= 15 is 0 Å². The Hall–Kier alpha value is -1.71. The van der Waals surface area contributed by atoms with E-state index in [0.29, 0.717) is 5.92 Å². The Labute approximate surface area is 203 Å². The maximum Gasteiger partial charge on any atom is 0.243 e. The van der Waals surface area contributed by atoms with E-state index in [2.05, 4.69) is 27.3 Å². The minimum atomic E-state index is 0. The standard InChI is InChI=1S/C23H36N4O3.HI/c1-26(2)22(28)15-25-23(24-14-17-8-6-5-7-9-17)27-11-10-18-12-20(29-3)21(30-4)13-19(18)16-27;/h12-13,17H,5-11,14-16H2,1-4H3,(H,24,25);1H. The number of rotatable bonds is 6. The number of halogens is 1. The number of nitrogens with zero attached hydrogens (tertiary/aromatic N) is 3. The quantitative estimate of drug-likeness (QED) is 0.339. The second-order valence-electron chi connectivity index (χ2n) is 8.46. The van der Waals surface area contributed by atoms with Gasteiger partial charge in [0.2, 0.25) is 5.91 Å². The first-order chi connectivity index (χ1) is 14.5. The first kappa shape index (κ1) is 25.5. The van der Waals surface area contributed by atoms with Crippen molar-refractivity contribution in [3.63, 3.8) is 0 Å². The minimum absolute atomic E-state index is 0. The molecule has 3 rings (SSSR count). The summed E-state index contributed by atoms with van der Waals surface area (Å²) in [6.07, 6.45) is 7.44. The van der Waals surface area contributed by atoms with E-state index in [4.69, 9.17) is 9.47 Å². The minimum Gasteiger partial charge on any atom is -0.493 e. The zero-order valence-corrected chi connectivity index (χ0v) is 21.6. The molecule has 174 valence electrons. The zero-order chi connectivity index (χ0) is 21.5. The fourth-order valence-corrected chi connectivity index (χ4v) is 4.24. The highest BCUT2D eigenvalue weighted by Gasteiger charge is 2.23. The number of likely N-dealkylation sites (N-methyl/N-ethyl adjacent to an activating group) is 1. The number of carbonyl (C=O) groups is 1. The van der Waals surface area contributed by atoms with Crippen molar-refractivity contribution in [2.45, 2.75) is 45.1 Å². The number of guanidine groups is 1. The van der Waals surface area contributed by atoms with Crippen LogP contribution in [0.3, 0.4) is 0 Å². The van der Waals surface area contributed by atoms with Gasteiger partial charge in [0.05, 0.1) is 14.2 Å². The van der Waals surface area contributed by atoms with E-state index in [1.807, 2.05) is 0 Å². The van der Waals surface area contributed by atoms with Crippen molar-refractivity contribution in [3.05, 3.63) is 23.3 Å². The number of methoxy groups -OCH3 is 2. The Balaban J connectivity index is 0.00000341. The molecule has 1 aromatic rings. The number of fused-ring (bicyclic) bond motifs is 1. The highest BCUT2D eigenvalue weighted by molar-refractivity contribution is 14.0. The van der Waals surface area contributed by atoms with Crippen LogP contribution in [-0.4, -0.2) is 69.6 Å². The normalized spacial score (nSPS) is 16.8. The van der Waals surface area contributed by atoms with Crippen molar-refractivity contribution in [2.75, 3.05) is 47.9 Å². The monoisotopic (exact) mass is 544 g/mol. The first-order valence-electron chi connectivity index (χ1n) is 11.0. The molecule has 31 heavy (non-hydrogen) atoms. The fourth-order valence-electron chi connectivity index (χ4n) is 4.24. The molecule has 1 heterocycles. The average molecular weight is 544 g/mol. The van der Waals surface area contributed by atoms with Crippen molar-refractivity contribution in [1.29, 1.82) is 0 Å². The molecular weight excluding hydrogens is 507 g/mol. The molecule has 8 heteroatoms. The summed E-state index contributed by atoms with van der Waals surface area (Å²) in [5.74, 6) is 3.04. The van der Waals surface area contributed by atoms with Crippen molar-refractivity contribution < 1.29 is 14.3 Å². The number of amides is 1. The molecule has 0 saturated heterocycles. The molecule has 1 aliphatic heterocycles. The van der Waals surface area contributed by atoms with Gasteiger partial charge in [-0.05, 0) is 48.4 Å². The summed E-state index contributed by atoms with van der Waals surface area (Å²) < 4.78 is 10.9. The van der Waals surface area contributed by atoms with Crippen LogP contribution in [0.15, 0.2) is 17.1 Å². The Morgan fingerprint density at radius 3 is 2.39 bits per heavy atom. The molecule has 1 N–H and O–H groups in total. The number of nitrogens with one attached hydrogen (secondary N) is 1. The molecule has 1 amide bonds. The zero-order valence-electron chi connectivity index (χ0n) is 19.3. The molecule has 0 radical (unpaired) electrons. The highest BCUT2D eigenvalue weighted by atomic mass is 127. The third-order valence-corrected chi connectivity index (χ3v) is 6.15. The summed E-state index contributed by atoms with van der Waals surface area (Å²) in [7, 11) is 6.87. The number of hydrogen-bond acceptors (Lipinski definition) is 4. The summed E-state index contributed by atoms with van der Waals surface area (Å²) in [6.45, 7) is 2.68. The predicted molar refractivity (Wildman–Crippen MR) is 135 cm³/mol. The lowest BCUT2D eigenvalue weighted by atomic mass is 9.89. The van der Waals surface area contributed by atoms with Gasteiger partial charge in [0.25, 0.3) is 0 Å². The van der Waals surface area contributed by atoms with Gasteiger partial charge in [-0.1, -0.05) is 19.3 Å². The van der Waals surface area contributed by atoms with Gasteiger partial charge in [-0.25, -0.2) is 4.99 Å². The molecule has 1 aliphatic carbocycles. The number of aliphatic imine (C=N–C) groups is 1. The molecule has 0 bridgehead atoms. The van der Waals surface area contributed by atoms with Gasteiger partial charge in [0, 0.05) is 33.7 Å². The van der Waals surface area contributed by atoms with E-state index in [0.717, 1.165) is 43.5 Å². The molecule has 0 unspecified atom stereocenters. The van der Waals surface area contributed by atoms with E-state index in [1.54, 1.807) is 33.2 Å². The van der Waals surface area contributed by atoms with Crippen molar-refractivity contribution in [3.8, 4) is 11.5 Å². The van der Waals surface area contributed by atoms with Crippen LogP contribution in [0.5, 0.6) is 11.5 Å². The first-order valence-corrected chi connectivity index (χ1v) is 11.0. The number of ether oxygens (including phenoxy) is 2. The second kappa shape index (κ2) is 12.4. The second-order valence-corrected chi connectivity index (χ2v) is 8.46. The van der Waals surface area contributed by atoms with Crippen molar-refractivity contribution in [1.82, 2.24) is 15.1 Å². The molecule has 2 aliphatic rings. The summed E-state index contributed by atoms with van der Waals surface area (Å²) in [4.78, 5) is 20.7. The van der Waals surface area contributed by atoms with Gasteiger partial charge >= 0.3 is 0 Å². The van der Waals surface area contributed by atoms with Crippen LogP contribution in [-0.2, 0) is 17.8 Å². The lowest BCUT2D eigenvalue weighted by Gasteiger charge is -2.33. The summed E-state index contributed by atoms with van der Waals surface area (Å²) in [6, 6.07) is 4.14.